The highest BCUT2D eigenvalue weighted by Gasteiger charge is 2.24. The number of rotatable bonds is 6. The number of amides is 1. The molecule has 5 heteroatoms. The average Bonchev–Trinajstić information content (AvgIpc) is 2.89. The lowest BCUT2D eigenvalue weighted by Gasteiger charge is -2.28. The molecule has 1 aliphatic rings. The lowest BCUT2D eigenvalue weighted by molar-refractivity contribution is -0.126. The fraction of sp³-hybridized carbons (Fsp3) is 0.632. The van der Waals surface area contributed by atoms with Crippen molar-refractivity contribution in [2.24, 2.45) is 0 Å². The second-order valence-corrected chi connectivity index (χ2v) is 6.46. The first-order valence-electron chi connectivity index (χ1n) is 8.83. The maximum atomic E-state index is 12.7. The van der Waals surface area contributed by atoms with E-state index in [-0.39, 0.29) is 18.0 Å². The minimum atomic E-state index is -0.142. The van der Waals surface area contributed by atoms with Crippen LogP contribution in [0, 0.1) is 0 Å². The quantitative estimate of drug-likeness (QED) is 0.868. The van der Waals surface area contributed by atoms with Gasteiger partial charge in [-0.1, -0.05) is 12.8 Å². The molecule has 1 amide bonds. The Morgan fingerprint density at radius 3 is 2.33 bits per heavy atom. The molecule has 0 saturated carbocycles. The number of nitrogens with zero attached hydrogens (tertiary/aromatic N) is 1. The number of carbonyl (C=O) groups excluding carboxylic acids is 1. The summed E-state index contributed by atoms with van der Waals surface area (Å²) in [5.74, 6) is 1.58. The summed E-state index contributed by atoms with van der Waals surface area (Å²) < 4.78 is 10.7. The minimum Gasteiger partial charge on any atom is -0.497 e. The monoisotopic (exact) mass is 334 g/mol. The molecule has 2 rings (SSSR count). The Balaban J connectivity index is 2.05. The van der Waals surface area contributed by atoms with Crippen molar-refractivity contribution < 1.29 is 14.3 Å². The Hall–Kier alpha value is -1.75. The molecule has 1 heterocycles. The number of carbonyl (C=O) groups is 1. The Bertz CT molecular complexity index is 539. The highest BCUT2D eigenvalue weighted by molar-refractivity contribution is 5.81. The van der Waals surface area contributed by atoms with Crippen LogP contribution >= 0.6 is 0 Å². The van der Waals surface area contributed by atoms with Crippen LogP contribution in [0.1, 0.15) is 51.1 Å². The van der Waals surface area contributed by atoms with Crippen molar-refractivity contribution in [2.45, 2.75) is 51.6 Å². The zero-order valence-electron chi connectivity index (χ0n) is 15.3. The molecule has 0 aliphatic carbocycles. The summed E-state index contributed by atoms with van der Waals surface area (Å²) in [7, 11) is 3.27. The van der Waals surface area contributed by atoms with Crippen molar-refractivity contribution in [1.29, 1.82) is 0 Å². The maximum absolute atomic E-state index is 12.7. The van der Waals surface area contributed by atoms with Crippen LogP contribution in [0.15, 0.2) is 18.2 Å². The largest absolute Gasteiger partial charge is 0.497 e. The molecule has 0 radical (unpaired) electrons. The van der Waals surface area contributed by atoms with Crippen molar-refractivity contribution in [3.63, 3.8) is 0 Å². The van der Waals surface area contributed by atoms with Crippen LogP contribution in [-0.4, -0.2) is 44.2 Å². The van der Waals surface area contributed by atoms with Crippen molar-refractivity contribution >= 4 is 5.91 Å². The second-order valence-electron chi connectivity index (χ2n) is 6.46. The predicted octanol–water partition coefficient (Wildman–Crippen LogP) is 3.15. The first kappa shape index (κ1) is 18.6. The van der Waals surface area contributed by atoms with E-state index in [9.17, 15) is 4.79 Å². The number of hydrogen-bond donors (Lipinski definition) is 1. The molecule has 1 aromatic carbocycles. The molecule has 134 valence electrons. The van der Waals surface area contributed by atoms with Crippen LogP contribution in [-0.2, 0) is 4.79 Å². The van der Waals surface area contributed by atoms with Gasteiger partial charge in [-0.05, 0) is 58.0 Å². The molecule has 1 aromatic rings. The van der Waals surface area contributed by atoms with Gasteiger partial charge >= 0.3 is 0 Å². The SMILES string of the molecule is COc1ccc(OC)c(C(C)NC(=O)C(C)N2CCCCCC2)c1. The number of hydrogen-bond acceptors (Lipinski definition) is 4. The van der Waals surface area contributed by atoms with Gasteiger partial charge in [-0.3, -0.25) is 9.69 Å². The summed E-state index contributed by atoms with van der Waals surface area (Å²) in [5, 5.41) is 3.12. The molecule has 5 nitrogen and oxygen atoms in total. The highest BCUT2D eigenvalue weighted by atomic mass is 16.5. The smallest absolute Gasteiger partial charge is 0.237 e. The number of ether oxygens (including phenoxy) is 2. The molecule has 2 unspecified atom stereocenters. The normalized spacial score (nSPS) is 18.3. The third-order valence-corrected chi connectivity index (χ3v) is 4.83. The zero-order chi connectivity index (χ0) is 17.5. The second kappa shape index (κ2) is 8.92. The molecule has 2 atom stereocenters. The highest BCUT2D eigenvalue weighted by Crippen LogP contribution is 2.29. The first-order valence-corrected chi connectivity index (χ1v) is 8.83. The van der Waals surface area contributed by atoms with Crippen LogP contribution in [0.5, 0.6) is 11.5 Å². The van der Waals surface area contributed by atoms with E-state index in [4.69, 9.17) is 9.47 Å². The number of methoxy groups -OCH3 is 2. The molecule has 1 aliphatic heterocycles. The third kappa shape index (κ3) is 4.63. The van der Waals surface area contributed by atoms with Crippen molar-refractivity contribution in [1.82, 2.24) is 10.2 Å². The average molecular weight is 334 g/mol. The molecule has 1 N–H and O–H groups in total. The van der Waals surface area contributed by atoms with Gasteiger partial charge in [0.2, 0.25) is 5.91 Å². The predicted molar refractivity (Wildman–Crippen MR) is 95.6 cm³/mol. The van der Waals surface area contributed by atoms with Gasteiger partial charge in [0.1, 0.15) is 11.5 Å². The van der Waals surface area contributed by atoms with Gasteiger partial charge in [-0.25, -0.2) is 0 Å². The van der Waals surface area contributed by atoms with E-state index >= 15 is 0 Å². The number of nitrogens with one attached hydrogen (secondary N) is 1. The minimum absolute atomic E-state index is 0.0641. The van der Waals surface area contributed by atoms with Crippen LogP contribution in [0.25, 0.3) is 0 Å². The lowest BCUT2D eigenvalue weighted by atomic mass is 10.1. The Morgan fingerprint density at radius 1 is 1.08 bits per heavy atom. The number of likely N-dealkylation sites (tertiary alicyclic amines) is 1. The van der Waals surface area contributed by atoms with E-state index in [1.54, 1.807) is 14.2 Å². The molecule has 0 aromatic heterocycles. The molecular formula is C19H30N2O3. The van der Waals surface area contributed by atoms with E-state index in [0.29, 0.717) is 0 Å². The molecule has 0 bridgehead atoms. The Labute approximate surface area is 145 Å². The first-order chi connectivity index (χ1) is 11.6. The van der Waals surface area contributed by atoms with Gasteiger partial charge < -0.3 is 14.8 Å². The van der Waals surface area contributed by atoms with Gasteiger partial charge in [-0.15, -0.1) is 0 Å². The lowest BCUT2D eigenvalue weighted by Crippen LogP contribution is -2.46. The van der Waals surface area contributed by atoms with Crippen LogP contribution in [0.3, 0.4) is 0 Å². The molecule has 1 saturated heterocycles. The van der Waals surface area contributed by atoms with Gasteiger partial charge in [0.15, 0.2) is 0 Å². The van der Waals surface area contributed by atoms with E-state index in [1.165, 1.54) is 25.7 Å². The van der Waals surface area contributed by atoms with Gasteiger partial charge in [0.05, 0.1) is 26.3 Å². The molecule has 0 spiro atoms. The summed E-state index contributed by atoms with van der Waals surface area (Å²) in [6.07, 6.45) is 4.89. The number of benzene rings is 1. The molecule has 24 heavy (non-hydrogen) atoms. The summed E-state index contributed by atoms with van der Waals surface area (Å²) in [6.45, 7) is 5.98. The van der Waals surface area contributed by atoms with Crippen molar-refractivity contribution in [2.75, 3.05) is 27.3 Å². The van der Waals surface area contributed by atoms with Crippen molar-refractivity contribution in [3.8, 4) is 11.5 Å². The van der Waals surface area contributed by atoms with E-state index in [1.807, 2.05) is 32.0 Å². The van der Waals surface area contributed by atoms with Crippen LogP contribution in [0.4, 0.5) is 0 Å². The summed E-state index contributed by atoms with van der Waals surface area (Å²) in [6, 6.07) is 5.39. The van der Waals surface area contributed by atoms with Gasteiger partial charge in [0.25, 0.3) is 0 Å². The summed E-state index contributed by atoms with van der Waals surface area (Å²) in [5.41, 5.74) is 0.924. The molecule has 1 fully saturated rings. The Morgan fingerprint density at radius 2 is 1.75 bits per heavy atom. The van der Waals surface area contributed by atoms with E-state index < -0.39 is 0 Å². The fourth-order valence-electron chi connectivity index (χ4n) is 3.24. The van der Waals surface area contributed by atoms with Crippen molar-refractivity contribution in [3.05, 3.63) is 23.8 Å². The maximum Gasteiger partial charge on any atom is 0.237 e. The topological polar surface area (TPSA) is 50.8 Å². The Kier molecular flexibility index (Phi) is 6.91. The van der Waals surface area contributed by atoms with Crippen LogP contribution < -0.4 is 14.8 Å². The van der Waals surface area contributed by atoms with Crippen LogP contribution in [0.2, 0.25) is 0 Å². The van der Waals surface area contributed by atoms with Gasteiger partial charge in [0, 0.05) is 5.56 Å². The summed E-state index contributed by atoms with van der Waals surface area (Å²) >= 11 is 0. The zero-order valence-corrected chi connectivity index (χ0v) is 15.3. The third-order valence-electron chi connectivity index (χ3n) is 4.83. The van der Waals surface area contributed by atoms with E-state index in [2.05, 4.69) is 10.2 Å². The fourth-order valence-corrected chi connectivity index (χ4v) is 3.24. The summed E-state index contributed by atoms with van der Waals surface area (Å²) in [4.78, 5) is 15.0. The molecular weight excluding hydrogens is 304 g/mol. The van der Waals surface area contributed by atoms with Gasteiger partial charge in [-0.2, -0.15) is 0 Å². The van der Waals surface area contributed by atoms with E-state index in [0.717, 1.165) is 30.2 Å². The standard InChI is InChI=1S/C19H30N2O3/c1-14(17-13-16(23-3)9-10-18(17)24-4)20-19(22)15(2)21-11-7-5-6-8-12-21/h9-10,13-15H,5-8,11-12H2,1-4H3,(H,20,22).